The highest BCUT2D eigenvalue weighted by Crippen LogP contribution is 2.19. The highest BCUT2D eigenvalue weighted by Gasteiger charge is 2.12. The summed E-state index contributed by atoms with van der Waals surface area (Å²) in [6.45, 7) is 5.38. The molecule has 0 spiro atoms. The Morgan fingerprint density at radius 1 is 1.40 bits per heavy atom. The first-order chi connectivity index (χ1) is 9.56. The molecule has 0 saturated heterocycles. The second-order valence-electron chi connectivity index (χ2n) is 5.01. The summed E-state index contributed by atoms with van der Waals surface area (Å²) in [5.41, 5.74) is 3.66. The van der Waals surface area contributed by atoms with Crippen molar-refractivity contribution in [3.05, 3.63) is 40.2 Å². The normalized spacial score (nSPS) is 11.1. The SMILES string of the molecule is CC(C)NCc1cc(F)cnc1N(C)Cc1cscn1. The first kappa shape index (κ1) is 14.9. The summed E-state index contributed by atoms with van der Waals surface area (Å²) in [7, 11) is 1.94. The lowest BCUT2D eigenvalue weighted by Gasteiger charge is -2.21. The van der Waals surface area contributed by atoms with E-state index in [1.54, 1.807) is 11.3 Å². The highest BCUT2D eigenvalue weighted by molar-refractivity contribution is 7.07. The number of aromatic nitrogens is 2. The standard InChI is InChI=1S/C14H19FN4S/c1-10(2)16-5-11-4-12(15)6-17-14(11)19(3)7-13-8-20-9-18-13/h4,6,8-10,16H,5,7H2,1-3H3. The Morgan fingerprint density at radius 3 is 2.85 bits per heavy atom. The summed E-state index contributed by atoms with van der Waals surface area (Å²) >= 11 is 1.57. The summed E-state index contributed by atoms with van der Waals surface area (Å²) in [5.74, 6) is 0.476. The van der Waals surface area contributed by atoms with Crippen molar-refractivity contribution in [3.8, 4) is 0 Å². The molecular weight excluding hydrogens is 275 g/mol. The molecule has 2 aromatic rings. The molecule has 4 nitrogen and oxygen atoms in total. The largest absolute Gasteiger partial charge is 0.353 e. The van der Waals surface area contributed by atoms with E-state index in [4.69, 9.17) is 0 Å². The van der Waals surface area contributed by atoms with Gasteiger partial charge < -0.3 is 10.2 Å². The molecule has 2 aromatic heterocycles. The van der Waals surface area contributed by atoms with Crippen LogP contribution in [0.15, 0.2) is 23.2 Å². The second-order valence-corrected chi connectivity index (χ2v) is 5.73. The predicted molar refractivity (Wildman–Crippen MR) is 80.4 cm³/mol. The van der Waals surface area contributed by atoms with Crippen LogP contribution >= 0.6 is 11.3 Å². The van der Waals surface area contributed by atoms with Crippen LogP contribution in [0.5, 0.6) is 0 Å². The smallest absolute Gasteiger partial charge is 0.141 e. The fourth-order valence-electron chi connectivity index (χ4n) is 1.90. The van der Waals surface area contributed by atoms with Gasteiger partial charge in [-0.2, -0.15) is 0 Å². The fraction of sp³-hybridized carbons (Fsp3) is 0.429. The van der Waals surface area contributed by atoms with Gasteiger partial charge in [0, 0.05) is 30.6 Å². The zero-order valence-electron chi connectivity index (χ0n) is 11.9. The number of hydrogen-bond donors (Lipinski definition) is 1. The third-order valence-electron chi connectivity index (χ3n) is 2.85. The fourth-order valence-corrected chi connectivity index (χ4v) is 2.44. The molecule has 20 heavy (non-hydrogen) atoms. The molecule has 0 fully saturated rings. The second kappa shape index (κ2) is 6.76. The van der Waals surface area contributed by atoms with Crippen molar-refractivity contribution in [1.29, 1.82) is 0 Å². The van der Waals surface area contributed by atoms with Gasteiger partial charge in [-0.3, -0.25) is 0 Å². The van der Waals surface area contributed by atoms with E-state index in [9.17, 15) is 4.39 Å². The maximum atomic E-state index is 13.4. The summed E-state index contributed by atoms with van der Waals surface area (Å²) < 4.78 is 13.4. The Morgan fingerprint density at radius 2 is 2.20 bits per heavy atom. The van der Waals surface area contributed by atoms with Gasteiger partial charge in [-0.1, -0.05) is 13.8 Å². The number of hydrogen-bond acceptors (Lipinski definition) is 5. The molecule has 2 rings (SSSR count). The Bertz CT molecular complexity index is 542. The maximum Gasteiger partial charge on any atom is 0.141 e. The molecule has 0 aliphatic carbocycles. The van der Waals surface area contributed by atoms with Gasteiger partial charge in [0.1, 0.15) is 11.6 Å². The first-order valence-corrected chi connectivity index (χ1v) is 7.46. The number of thiazole rings is 1. The number of pyridine rings is 1. The van der Waals surface area contributed by atoms with Crippen molar-refractivity contribution in [3.63, 3.8) is 0 Å². The van der Waals surface area contributed by atoms with Crippen LogP contribution in [0.25, 0.3) is 0 Å². The quantitative estimate of drug-likeness (QED) is 0.889. The topological polar surface area (TPSA) is 41.1 Å². The van der Waals surface area contributed by atoms with E-state index < -0.39 is 0 Å². The van der Waals surface area contributed by atoms with E-state index in [1.165, 1.54) is 12.3 Å². The Labute approximate surface area is 122 Å². The first-order valence-electron chi connectivity index (χ1n) is 6.52. The van der Waals surface area contributed by atoms with Crippen LogP contribution in [0.1, 0.15) is 25.1 Å². The zero-order valence-corrected chi connectivity index (χ0v) is 12.7. The number of halogens is 1. The van der Waals surface area contributed by atoms with Crippen LogP contribution in [0, 0.1) is 5.82 Å². The minimum atomic E-state index is -0.309. The number of rotatable bonds is 6. The molecule has 0 radical (unpaired) electrons. The molecule has 0 atom stereocenters. The van der Waals surface area contributed by atoms with Crippen molar-refractivity contribution in [1.82, 2.24) is 15.3 Å². The zero-order chi connectivity index (χ0) is 14.5. The van der Waals surface area contributed by atoms with Crippen LogP contribution < -0.4 is 10.2 Å². The number of anilines is 1. The maximum absolute atomic E-state index is 13.4. The third-order valence-corrected chi connectivity index (χ3v) is 3.49. The molecule has 0 amide bonds. The van der Waals surface area contributed by atoms with E-state index in [0.29, 0.717) is 19.1 Å². The van der Waals surface area contributed by atoms with Crippen molar-refractivity contribution in [2.45, 2.75) is 33.0 Å². The van der Waals surface area contributed by atoms with E-state index in [-0.39, 0.29) is 5.82 Å². The van der Waals surface area contributed by atoms with Crippen LogP contribution in [0.3, 0.4) is 0 Å². The minimum Gasteiger partial charge on any atom is -0.353 e. The van der Waals surface area contributed by atoms with Crippen LogP contribution in [0.2, 0.25) is 0 Å². The van der Waals surface area contributed by atoms with Crippen molar-refractivity contribution in [2.24, 2.45) is 0 Å². The van der Waals surface area contributed by atoms with Gasteiger partial charge >= 0.3 is 0 Å². The van der Waals surface area contributed by atoms with Gasteiger partial charge in [-0.15, -0.1) is 11.3 Å². The van der Waals surface area contributed by atoms with Crippen LogP contribution in [0.4, 0.5) is 10.2 Å². The van der Waals surface area contributed by atoms with Gasteiger partial charge in [0.15, 0.2) is 0 Å². The van der Waals surface area contributed by atoms with Crippen LogP contribution in [-0.4, -0.2) is 23.1 Å². The van der Waals surface area contributed by atoms with Gasteiger partial charge in [0.2, 0.25) is 0 Å². The van der Waals surface area contributed by atoms with Gasteiger partial charge in [0.25, 0.3) is 0 Å². The van der Waals surface area contributed by atoms with E-state index in [1.807, 2.05) is 22.8 Å². The molecule has 0 aliphatic rings. The molecule has 0 saturated carbocycles. The third kappa shape index (κ3) is 3.98. The highest BCUT2D eigenvalue weighted by atomic mass is 32.1. The van der Waals surface area contributed by atoms with E-state index in [2.05, 4.69) is 29.1 Å². The molecular formula is C14H19FN4S. The molecule has 1 N–H and O–H groups in total. The summed E-state index contributed by atoms with van der Waals surface area (Å²) in [6, 6.07) is 1.88. The lowest BCUT2D eigenvalue weighted by molar-refractivity contribution is 0.577. The Balaban J connectivity index is 2.16. The number of nitrogens with zero attached hydrogens (tertiary/aromatic N) is 3. The Kier molecular flexibility index (Phi) is 5.03. The molecule has 0 bridgehead atoms. The molecule has 2 heterocycles. The van der Waals surface area contributed by atoms with Crippen molar-refractivity contribution in [2.75, 3.05) is 11.9 Å². The van der Waals surface area contributed by atoms with Crippen LogP contribution in [-0.2, 0) is 13.1 Å². The summed E-state index contributed by atoms with van der Waals surface area (Å²) in [4.78, 5) is 10.5. The molecule has 6 heteroatoms. The average molecular weight is 294 g/mol. The van der Waals surface area contributed by atoms with Gasteiger partial charge in [-0.25, -0.2) is 14.4 Å². The molecule has 108 valence electrons. The van der Waals surface area contributed by atoms with E-state index in [0.717, 1.165) is 17.1 Å². The monoisotopic (exact) mass is 294 g/mol. The molecule has 0 aliphatic heterocycles. The lowest BCUT2D eigenvalue weighted by atomic mass is 10.2. The van der Waals surface area contributed by atoms with Crippen molar-refractivity contribution < 1.29 is 4.39 Å². The summed E-state index contributed by atoms with van der Waals surface area (Å²) in [5, 5.41) is 5.30. The van der Waals surface area contributed by atoms with E-state index >= 15 is 0 Å². The van der Waals surface area contributed by atoms with Gasteiger partial charge in [0.05, 0.1) is 23.9 Å². The Hall–Kier alpha value is -1.53. The number of nitrogens with one attached hydrogen (secondary N) is 1. The van der Waals surface area contributed by atoms with Crippen molar-refractivity contribution >= 4 is 17.2 Å². The predicted octanol–water partition coefficient (Wildman–Crippen LogP) is 2.81. The lowest BCUT2D eigenvalue weighted by Crippen LogP contribution is -2.25. The molecule has 0 unspecified atom stereocenters. The van der Waals surface area contributed by atoms with Gasteiger partial charge in [-0.05, 0) is 6.07 Å². The molecule has 0 aromatic carbocycles. The average Bonchev–Trinajstić information content (AvgIpc) is 2.89. The minimum absolute atomic E-state index is 0.309. The summed E-state index contributed by atoms with van der Waals surface area (Å²) in [6.07, 6.45) is 1.26.